The van der Waals surface area contributed by atoms with Crippen LogP contribution in [-0.2, 0) is 22.4 Å². The maximum Gasteiger partial charge on any atom is 0.272 e. The van der Waals surface area contributed by atoms with Gasteiger partial charge in [-0.2, -0.15) is 5.10 Å². The number of carbonyl (C=O) groups is 2. The van der Waals surface area contributed by atoms with E-state index in [2.05, 4.69) is 21.2 Å². The molecule has 0 saturated carbocycles. The Hall–Kier alpha value is -3.52. The molecule has 8 nitrogen and oxygen atoms in total. The van der Waals surface area contributed by atoms with Crippen molar-refractivity contribution in [1.82, 2.24) is 20.0 Å². The summed E-state index contributed by atoms with van der Waals surface area (Å²) in [5, 5.41) is 7.86. The van der Waals surface area contributed by atoms with Crippen LogP contribution in [-0.4, -0.2) is 71.1 Å². The number of anilines is 1. The molecule has 3 heterocycles. The molecule has 1 N–H and O–H groups in total. The molecule has 8 heteroatoms. The summed E-state index contributed by atoms with van der Waals surface area (Å²) in [7, 11) is 0. The molecule has 33 heavy (non-hydrogen) atoms. The van der Waals surface area contributed by atoms with Crippen LogP contribution in [0.2, 0.25) is 0 Å². The van der Waals surface area contributed by atoms with Crippen LogP contribution < -0.4 is 10.5 Å². The lowest BCUT2D eigenvalue weighted by Gasteiger charge is -2.36. The fraction of sp³-hybridized carbons (Fsp3) is 0.360. The van der Waals surface area contributed by atoms with Gasteiger partial charge in [0.25, 0.3) is 5.56 Å². The lowest BCUT2D eigenvalue weighted by Crippen LogP contribution is -2.52. The van der Waals surface area contributed by atoms with E-state index in [4.69, 9.17) is 0 Å². The fourth-order valence-electron chi connectivity index (χ4n) is 4.79. The fourth-order valence-corrected chi connectivity index (χ4v) is 4.79. The van der Waals surface area contributed by atoms with Crippen molar-refractivity contribution in [3.8, 4) is 0 Å². The molecule has 0 radical (unpaired) electrons. The average molecular weight is 446 g/mol. The van der Waals surface area contributed by atoms with Gasteiger partial charge < -0.3 is 9.80 Å². The lowest BCUT2D eigenvalue weighted by atomic mass is 10.0. The third-order valence-corrected chi connectivity index (χ3v) is 6.59. The number of nitrogens with one attached hydrogen (secondary N) is 1. The van der Waals surface area contributed by atoms with E-state index < -0.39 is 0 Å². The Bertz CT molecular complexity index is 1250. The van der Waals surface area contributed by atoms with E-state index in [1.807, 2.05) is 40.1 Å². The number of rotatable bonds is 4. The highest BCUT2D eigenvalue weighted by molar-refractivity contribution is 5.96. The van der Waals surface area contributed by atoms with Crippen molar-refractivity contribution in [3.05, 3.63) is 70.1 Å². The number of aromatic nitrogens is 2. The predicted molar refractivity (Wildman–Crippen MR) is 126 cm³/mol. The van der Waals surface area contributed by atoms with Crippen LogP contribution in [0.15, 0.2) is 53.3 Å². The van der Waals surface area contributed by atoms with E-state index in [0.717, 1.165) is 25.1 Å². The van der Waals surface area contributed by atoms with Gasteiger partial charge in [0, 0.05) is 43.8 Å². The second kappa shape index (κ2) is 9.15. The first-order valence-corrected chi connectivity index (χ1v) is 11.4. The zero-order valence-corrected chi connectivity index (χ0v) is 18.5. The summed E-state index contributed by atoms with van der Waals surface area (Å²) < 4.78 is 0. The number of aryl methyl sites for hydroxylation is 1. The van der Waals surface area contributed by atoms with Crippen molar-refractivity contribution in [3.63, 3.8) is 0 Å². The second-order valence-corrected chi connectivity index (χ2v) is 8.66. The van der Waals surface area contributed by atoms with Gasteiger partial charge in [0.15, 0.2) is 0 Å². The Kier molecular flexibility index (Phi) is 5.92. The van der Waals surface area contributed by atoms with Crippen LogP contribution in [0, 0.1) is 0 Å². The minimum atomic E-state index is -0.253. The lowest BCUT2D eigenvalue weighted by molar-refractivity contribution is -0.132. The molecule has 2 aliphatic heterocycles. The van der Waals surface area contributed by atoms with Crippen LogP contribution >= 0.6 is 0 Å². The number of piperazine rings is 1. The van der Waals surface area contributed by atoms with Crippen molar-refractivity contribution in [2.45, 2.75) is 19.3 Å². The molecule has 0 aliphatic carbocycles. The number of amides is 2. The highest BCUT2D eigenvalue weighted by atomic mass is 16.2. The van der Waals surface area contributed by atoms with Crippen LogP contribution in [0.5, 0.6) is 0 Å². The van der Waals surface area contributed by atoms with E-state index in [0.29, 0.717) is 49.2 Å². The minimum absolute atomic E-state index is 0.0179. The summed E-state index contributed by atoms with van der Waals surface area (Å²) in [5.74, 6) is 0.0986. The first kappa shape index (κ1) is 21.3. The second-order valence-electron chi connectivity index (χ2n) is 8.66. The zero-order valence-electron chi connectivity index (χ0n) is 18.5. The van der Waals surface area contributed by atoms with Gasteiger partial charge in [0.1, 0.15) is 0 Å². The van der Waals surface area contributed by atoms with Gasteiger partial charge in [-0.05, 0) is 30.5 Å². The molecular weight excluding hydrogens is 418 g/mol. The summed E-state index contributed by atoms with van der Waals surface area (Å²) in [6.45, 7) is 3.59. The standard InChI is InChI=1S/C25H27N5O3/c31-23(16-21-19-8-2-3-9-20(19)25(33)27-26-21)29-14-12-28(13-15-29)17-24(32)30-11-5-7-18-6-1-4-10-22(18)30/h1-4,6,8-10H,5,7,11-17H2,(H,27,33). The van der Waals surface area contributed by atoms with Crippen LogP contribution in [0.3, 0.4) is 0 Å². The van der Waals surface area contributed by atoms with Crippen LogP contribution in [0.4, 0.5) is 5.69 Å². The smallest absolute Gasteiger partial charge is 0.272 e. The summed E-state index contributed by atoms with van der Waals surface area (Å²) >= 11 is 0. The Balaban J connectivity index is 1.18. The molecule has 2 aromatic carbocycles. The number of para-hydroxylation sites is 1. The molecule has 1 aromatic heterocycles. The molecule has 0 atom stereocenters. The van der Waals surface area contributed by atoms with Crippen molar-refractivity contribution in [1.29, 1.82) is 0 Å². The normalized spacial score (nSPS) is 16.6. The number of hydrogen-bond donors (Lipinski definition) is 1. The van der Waals surface area contributed by atoms with Gasteiger partial charge in [0.2, 0.25) is 11.8 Å². The van der Waals surface area contributed by atoms with Crippen molar-refractivity contribution in [2.75, 3.05) is 44.2 Å². The van der Waals surface area contributed by atoms with Gasteiger partial charge in [-0.25, -0.2) is 5.10 Å². The van der Waals surface area contributed by atoms with Gasteiger partial charge in [-0.3, -0.25) is 19.3 Å². The largest absolute Gasteiger partial charge is 0.340 e. The molecule has 3 aromatic rings. The average Bonchev–Trinajstić information content (AvgIpc) is 2.86. The highest BCUT2D eigenvalue weighted by Crippen LogP contribution is 2.26. The molecule has 0 unspecified atom stereocenters. The summed E-state index contributed by atoms with van der Waals surface area (Å²) in [6, 6.07) is 15.3. The van der Waals surface area contributed by atoms with E-state index in [9.17, 15) is 14.4 Å². The Morgan fingerprint density at radius 2 is 1.61 bits per heavy atom. The molecule has 0 bridgehead atoms. The molecule has 5 rings (SSSR count). The van der Waals surface area contributed by atoms with Gasteiger partial charge in [-0.15, -0.1) is 0 Å². The Morgan fingerprint density at radius 3 is 2.42 bits per heavy atom. The van der Waals surface area contributed by atoms with E-state index in [1.165, 1.54) is 5.56 Å². The Morgan fingerprint density at radius 1 is 0.879 bits per heavy atom. The number of fused-ring (bicyclic) bond motifs is 2. The van der Waals surface area contributed by atoms with E-state index in [-0.39, 0.29) is 23.8 Å². The SMILES string of the molecule is O=C(Cc1n[nH]c(=O)c2ccccc12)N1CCN(CC(=O)N2CCCc3ccccc32)CC1. The topological polar surface area (TPSA) is 89.6 Å². The maximum atomic E-state index is 13.0. The van der Waals surface area contributed by atoms with Gasteiger partial charge in [0.05, 0.1) is 24.0 Å². The molecular formula is C25H27N5O3. The summed E-state index contributed by atoms with van der Waals surface area (Å²) in [4.78, 5) is 43.7. The number of benzene rings is 2. The molecule has 2 amide bonds. The predicted octanol–water partition coefficient (Wildman–Crippen LogP) is 1.59. The highest BCUT2D eigenvalue weighted by Gasteiger charge is 2.27. The molecule has 2 aliphatic rings. The van der Waals surface area contributed by atoms with Crippen molar-refractivity contribution in [2.24, 2.45) is 0 Å². The van der Waals surface area contributed by atoms with Crippen LogP contribution in [0.1, 0.15) is 17.7 Å². The Labute approximate surface area is 191 Å². The molecule has 0 spiro atoms. The van der Waals surface area contributed by atoms with E-state index in [1.54, 1.807) is 12.1 Å². The first-order chi connectivity index (χ1) is 16.1. The third kappa shape index (κ3) is 4.39. The van der Waals surface area contributed by atoms with E-state index >= 15 is 0 Å². The summed E-state index contributed by atoms with van der Waals surface area (Å²) in [5.41, 5.74) is 2.59. The molecule has 170 valence electrons. The maximum absolute atomic E-state index is 13.0. The monoisotopic (exact) mass is 445 g/mol. The van der Waals surface area contributed by atoms with Crippen molar-refractivity contribution < 1.29 is 9.59 Å². The van der Waals surface area contributed by atoms with Gasteiger partial charge in [-0.1, -0.05) is 36.4 Å². The number of hydrogen-bond acceptors (Lipinski definition) is 5. The zero-order chi connectivity index (χ0) is 22.8. The molecule has 1 fully saturated rings. The summed E-state index contributed by atoms with van der Waals surface area (Å²) in [6.07, 6.45) is 2.14. The van der Waals surface area contributed by atoms with Crippen LogP contribution in [0.25, 0.3) is 10.8 Å². The number of aromatic amines is 1. The van der Waals surface area contributed by atoms with Crippen molar-refractivity contribution >= 4 is 28.3 Å². The third-order valence-electron chi connectivity index (χ3n) is 6.59. The minimum Gasteiger partial charge on any atom is -0.340 e. The number of nitrogens with zero attached hydrogens (tertiary/aromatic N) is 4. The quantitative estimate of drug-likeness (QED) is 0.659. The van der Waals surface area contributed by atoms with Gasteiger partial charge >= 0.3 is 0 Å². The molecule has 1 saturated heterocycles. The first-order valence-electron chi connectivity index (χ1n) is 11.4. The number of carbonyl (C=O) groups excluding carboxylic acids is 2. The number of H-pyrrole nitrogens is 1.